The number of hydrogen-bond donors (Lipinski definition) is 1. The molecule has 4 rings (SSSR count). The fraction of sp³-hybridized carbons (Fsp3) is 0.538. The summed E-state index contributed by atoms with van der Waals surface area (Å²) in [5, 5.41) is 2.97. The molecule has 2 aromatic rings. The molecule has 0 aliphatic carbocycles. The van der Waals surface area contributed by atoms with E-state index < -0.39 is 22.7 Å². The summed E-state index contributed by atoms with van der Waals surface area (Å²) in [4.78, 5) is 19.6. The van der Waals surface area contributed by atoms with E-state index in [-0.39, 0.29) is 17.9 Å². The first-order valence-electron chi connectivity index (χ1n) is 12.4. The van der Waals surface area contributed by atoms with E-state index in [9.17, 15) is 22.2 Å². The molecule has 1 aromatic heterocycles. The zero-order valence-corrected chi connectivity index (χ0v) is 21.7. The van der Waals surface area contributed by atoms with Crippen molar-refractivity contribution in [3.8, 4) is 0 Å². The molecule has 0 saturated carbocycles. The number of carbonyl (C=O) groups excluding carboxylic acids is 1. The number of benzene rings is 1. The van der Waals surface area contributed by atoms with Crippen molar-refractivity contribution < 1.29 is 22.2 Å². The summed E-state index contributed by atoms with van der Waals surface area (Å²) in [6, 6.07) is 7.19. The van der Waals surface area contributed by atoms with E-state index in [2.05, 4.69) is 29.0 Å². The average Bonchev–Trinajstić information content (AvgIpc) is 3.16. The number of fused-ring (bicyclic) bond motifs is 1. The van der Waals surface area contributed by atoms with Crippen LogP contribution in [0.4, 0.5) is 13.2 Å². The number of rotatable bonds is 9. The molecule has 6 nitrogen and oxygen atoms in total. The van der Waals surface area contributed by atoms with Crippen LogP contribution in [-0.4, -0.2) is 49.7 Å². The largest absolute Gasteiger partial charge is 0.416 e. The molecule has 1 fully saturated rings. The van der Waals surface area contributed by atoms with Gasteiger partial charge in [0.25, 0.3) is 5.91 Å². The molecule has 2 atom stereocenters. The van der Waals surface area contributed by atoms with Crippen LogP contribution >= 0.6 is 0 Å². The molecular formula is C26H33F3N4O2S. The van der Waals surface area contributed by atoms with Crippen molar-refractivity contribution in [1.29, 1.82) is 0 Å². The van der Waals surface area contributed by atoms with Crippen LogP contribution in [0.2, 0.25) is 0 Å². The Morgan fingerprint density at radius 3 is 2.53 bits per heavy atom. The number of nitrogens with zero attached hydrogens (tertiary/aromatic N) is 3. The van der Waals surface area contributed by atoms with Gasteiger partial charge >= 0.3 is 6.18 Å². The fourth-order valence-electron chi connectivity index (χ4n) is 5.00. The molecule has 1 saturated heterocycles. The Hall–Kier alpha value is -2.30. The predicted octanol–water partition coefficient (Wildman–Crippen LogP) is 4.55. The van der Waals surface area contributed by atoms with Gasteiger partial charge in [-0.3, -0.25) is 14.7 Å². The molecule has 1 amide bonds. The van der Waals surface area contributed by atoms with Crippen molar-refractivity contribution in [3.63, 3.8) is 0 Å². The van der Waals surface area contributed by atoms with Gasteiger partial charge in [-0.2, -0.15) is 13.2 Å². The Balaban J connectivity index is 1.36. The smallest absolute Gasteiger partial charge is 0.352 e. The highest BCUT2D eigenvalue weighted by atomic mass is 32.2. The number of halogens is 3. The lowest BCUT2D eigenvalue weighted by Gasteiger charge is -2.37. The van der Waals surface area contributed by atoms with E-state index >= 15 is 0 Å². The number of carbonyl (C=O) groups is 1. The third-order valence-electron chi connectivity index (χ3n) is 6.91. The van der Waals surface area contributed by atoms with Crippen molar-refractivity contribution in [2.75, 3.05) is 25.4 Å². The number of aromatic nitrogens is 1. The highest BCUT2D eigenvalue weighted by Gasteiger charge is 2.35. The molecule has 3 heterocycles. The molecule has 196 valence electrons. The van der Waals surface area contributed by atoms with Gasteiger partial charge in [0.05, 0.1) is 33.8 Å². The monoisotopic (exact) mass is 522 g/mol. The summed E-state index contributed by atoms with van der Waals surface area (Å²) in [5.41, 5.74) is 2.56. The molecule has 1 aromatic carbocycles. The van der Waals surface area contributed by atoms with Crippen molar-refractivity contribution in [2.24, 2.45) is 11.8 Å². The van der Waals surface area contributed by atoms with Crippen LogP contribution in [-0.2, 0) is 30.3 Å². The molecular weight excluding hydrogens is 489 g/mol. The number of pyridine rings is 1. The summed E-state index contributed by atoms with van der Waals surface area (Å²) < 4.78 is 52.4. The summed E-state index contributed by atoms with van der Waals surface area (Å²) in [6.45, 7) is 9.36. The Morgan fingerprint density at radius 1 is 1.22 bits per heavy atom. The van der Waals surface area contributed by atoms with Crippen LogP contribution in [0.1, 0.15) is 66.0 Å². The van der Waals surface area contributed by atoms with Gasteiger partial charge in [0.1, 0.15) is 0 Å². The normalized spacial score (nSPS) is 19.8. The van der Waals surface area contributed by atoms with E-state index in [0.717, 1.165) is 48.5 Å². The van der Waals surface area contributed by atoms with Gasteiger partial charge < -0.3 is 5.32 Å². The fourth-order valence-corrected chi connectivity index (χ4v) is 6.12. The Bertz CT molecular complexity index is 1100. The van der Waals surface area contributed by atoms with Gasteiger partial charge in [0.2, 0.25) is 0 Å². The summed E-state index contributed by atoms with van der Waals surface area (Å²) >= 11 is 0. The van der Waals surface area contributed by atoms with Crippen LogP contribution in [0.3, 0.4) is 0 Å². The minimum absolute atomic E-state index is 0.0228. The molecule has 0 bridgehead atoms. The third kappa shape index (κ3) is 5.98. The summed E-state index contributed by atoms with van der Waals surface area (Å²) in [7, 11) is -0.889. The van der Waals surface area contributed by atoms with Crippen molar-refractivity contribution >= 4 is 16.9 Å². The van der Waals surface area contributed by atoms with Gasteiger partial charge in [0, 0.05) is 44.7 Å². The van der Waals surface area contributed by atoms with Crippen LogP contribution < -0.4 is 5.32 Å². The second-order valence-electron chi connectivity index (χ2n) is 9.92. The van der Waals surface area contributed by atoms with Crippen LogP contribution in [0.15, 0.2) is 36.5 Å². The van der Waals surface area contributed by atoms with Crippen LogP contribution in [0, 0.1) is 11.8 Å². The molecule has 2 aliphatic heterocycles. The number of nitrogens with one attached hydrogen (secondary N) is 1. The van der Waals surface area contributed by atoms with Crippen LogP contribution in [0.25, 0.3) is 0 Å². The molecule has 2 aliphatic rings. The number of alkyl halides is 3. The SMILES string of the molecule is CCS(=O)N1CC(CCNC(=O)c2cnc3c(c2)CN(Cc2ccc(C(F)(F)F)cc2)[C@H]3C(C)C)C1. The third-order valence-corrected chi connectivity index (χ3v) is 8.27. The lowest BCUT2D eigenvalue weighted by molar-refractivity contribution is -0.137. The first kappa shape index (κ1) is 26.8. The molecule has 0 radical (unpaired) electrons. The Kier molecular flexibility index (Phi) is 8.16. The van der Waals surface area contributed by atoms with E-state index in [0.29, 0.717) is 36.9 Å². The van der Waals surface area contributed by atoms with Crippen molar-refractivity contribution in [2.45, 2.75) is 52.5 Å². The number of hydrogen-bond acceptors (Lipinski definition) is 4. The van der Waals surface area contributed by atoms with Crippen molar-refractivity contribution in [1.82, 2.24) is 19.5 Å². The molecule has 1 unspecified atom stereocenters. The van der Waals surface area contributed by atoms with E-state index in [1.54, 1.807) is 6.20 Å². The molecule has 1 N–H and O–H groups in total. The molecule has 0 spiro atoms. The second-order valence-corrected chi connectivity index (χ2v) is 11.7. The van der Waals surface area contributed by atoms with E-state index in [1.807, 2.05) is 17.3 Å². The topological polar surface area (TPSA) is 65.5 Å². The van der Waals surface area contributed by atoms with Crippen LogP contribution in [0.5, 0.6) is 0 Å². The van der Waals surface area contributed by atoms with Gasteiger partial charge in [-0.25, -0.2) is 8.51 Å². The zero-order chi connectivity index (χ0) is 26.0. The maximum Gasteiger partial charge on any atom is 0.416 e. The Labute approximate surface area is 212 Å². The molecule has 36 heavy (non-hydrogen) atoms. The Morgan fingerprint density at radius 2 is 1.92 bits per heavy atom. The quantitative estimate of drug-likeness (QED) is 0.525. The first-order valence-corrected chi connectivity index (χ1v) is 13.6. The van der Waals surface area contributed by atoms with E-state index in [1.165, 1.54) is 12.1 Å². The maximum absolute atomic E-state index is 12.9. The second kappa shape index (κ2) is 11.0. The lowest BCUT2D eigenvalue weighted by atomic mass is 9.98. The summed E-state index contributed by atoms with van der Waals surface area (Å²) in [5.74, 6) is 1.16. The highest BCUT2D eigenvalue weighted by molar-refractivity contribution is 7.82. The maximum atomic E-state index is 12.9. The van der Waals surface area contributed by atoms with Gasteiger partial charge in [-0.15, -0.1) is 0 Å². The lowest BCUT2D eigenvalue weighted by Crippen LogP contribution is -2.48. The first-order chi connectivity index (χ1) is 17.1. The highest BCUT2D eigenvalue weighted by Crippen LogP contribution is 2.39. The standard InChI is InChI=1S/C26H33F3N4O2S/c1-4-36(35)33-14-19(15-33)9-10-30-25(34)20-11-21-16-32(24(17(2)3)23(21)31-12-20)13-18-5-7-22(8-6-18)26(27,28)29/h5-8,11-12,17,19,24H,4,9-10,13-16H2,1-3H3,(H,30,34)/t24-,36?/m0/s1. The van der Waals surface area contributed by atoms with Gasteiger partial charge in [0.15, 0.2) is 0 Å². The number of amides is 1. The van der Waals surface area contributed by atoms with Gasteiger partial charge in [-0.05, 0) is 47.6 Å². The summed E-state index contributed by atoms with van der Waals surface area (Å²) in [6.07, 6.45) is -1.89. The predicted molar refractivity (Wildman–Crippen MR) is 133 cm³/mol. The zero-order valence-electron chi connectivity index (χ0n) is 20.8. The minimum atomic E-state index is -4.35. The van der Waals surface area contributed by atoms with Crippen molar-refractivity contribution in [3.05, 3.63) is 64.5 Å². The minimum Gasteiger partial charge on any atom is -0.352 e. The molecule has 10 heteroatoms. The average molecular weight is 523 g/mol. The van der Waals surface area contributed by atoms with E-state index in [4.69, 9.17) is 0 Å². The van der Waals surface area contributed by atoms with Gasteiger partial charge in [-0.1, -0.05) is 32.9 Å².